The Kier molecular flexibility index (Phi) is 3.09. The summed E-state index contributed by atoms with van der Waals surface area (Å²) in [6.07, 6.45) is 0. The second-order valence-corrected chi connectivity index (χ2v) is 4.93. The highest BCUT2D eigenvalue weighted by Crippen LogP contribution is 2.47. The first-order chi connectivity index (χ1) is 4.06. The summed E-state index contributed by atoms with van der Waals surface area (Å²) < 4.78 is 15.6. The molecule has 0 aliphatic heterocycles. The molecule has 4 heteroatoms. The Morgan fingerprint density at radius 3 is 2.00 bits per heavy atom. The summed E-state index contributed by atoms with van der Waals surface area (Å²) in [4.78, 5) is 10.1. The third-order valence-corrected chi connectivity index (χ3v) is 3.46. The van der Waals surface area contributed by atoms with Gasteiger partial charge in [0.2, 0.25) is 6.03 Å². The Morgan fingerprint density at radius 1 is 1.56 bits per heavy atom. The third kappa shape index (κ3) is 1.92. The summed E-state index contributed by atoms with van der Waals surface area (Å²) in [6.45, 7) is 3.39. The van der Waals surface area contributed by atoms with Crippen LogP contribution in [0.1, 0.15) is 13.8 Å². The van der Waals surface area contributed by atoms with Gasteiger partial charge in [-0.2, -0.15) is 0 Å². The minimum atomic E-state index is -2.93. The predicted molar refractivity (Wildman–Crippen MR) is 36.5 cm³/mol. The molecular formula is C5H11O3P. The van der Waals surface area contributed by atoms with Crippen molar-refractivity contribution in [2.24, 2.45) is 0 Å². The molecule has 0 saturated heterocycles. The molecule has 3 nitrogen and oxygen atoms in total. The quantitative estimate of drug-likeness (QED) is 0.452. The highest BCUT2D eigenvalue weighted by atomic mass is 31.2. The standard InChI is InChI=1S/C5H11O3P/c1-5(2)9(7,4-6)8-3/h4-5H,1-3H3. The van der Waals surface area contributed by atoms with Gasteiger partial charge in [0, 0.05) is 12.8 Å². The molecule has 0 bridgehead atoms. The fraction of sp³-hybridized carbons (Fsp3) is 0.800. The van der Waals surface area contributed by atoms with Crippen LogP contribution in [-0.4, -0.2) is 18.8 Å². The largest absolute Gasteiger partial charge is 0.327 e. The molecule has 0 saturated carbocycles. The fourth-order valence-electron chi connectivity index (χ4n) is 0.376. The molecule has 54 valence electrons. The molecule has 0 rings (SSSR count). The van der Waals surface area contributed by atoms with Crippen LogP contribution in [0.2, 0.25) is 0 Å². The second kappa shape index (κ2) is 3.14. The van der Waals surface area contributed by atoms with Crippen molar-refractivity contribution in [1.29, 1.82) is 0 Å². The zero-order chi connectivity index (χ0) is 7.49. The topological polar surface area (TPSA) is 43.4 Å². The van der Waals surface area contributed by atoms with Gasteiger partial charge in [-0.25, -0.2) is 0 Å². The Hall–Kier alpha value is -0.140. The molecule has 0 aromatic heterocycles. The molecule has 0 radical (unpaired) electrons. The van der Waals surface area contributed by atoms with Crippen LogP contribution in [0.4, 0.5) is 0 Å². The van der Waals surface area contributed by atoms with Gasteiger partial charge < -0.3 is 4.52 Å². The zero-order valence-corrected chi connectivity index (χ0v) is 6.72. The summed E-state index contributed by atoms with van der Waals surface area (Å²) >= 11 is 0. The SMILES string of the molecule is COP(=O)(C=O)C(C)C. The second-order valence-electron chi connectivity index (χ2n) is 2.03. The van der Waals surface area contributed by atoms with Gasteiger partial charge in [0.25, 0.3) is 7.37 Å². The highest BCUT2D eigenvalue weighted by molar-refractivity contribution is 7.74. The average Bonchev–Trinajstić information content (AvgIpc) is 1.86. The van der Waals surface area contributed by atoms with Crippen LogP contribution in [0.5, 0.6) is 0 Å². The van der Waals surface area contributed by atoms with Crippen molar-refractivity contribution in [3.8, 4) is 0 Å². The molecule has 9 heavy (non-hydrogen) atoms. The maximum absolute atomic E-state index is 11.1. The Bertz CT molecular complexity index is 141. The summed E-state index contributed by atoms with van der Waals surface area (Å²) in [5.74, 6) is 0. The molecule has 0 aromatic rings. The van der Waals surface area contributed by atoms with E-state index < -0.39 is 7.37 Å². The van der Waals surface area contributed by atoms with E-state index in [1.165, 1.54) is 7.11 Å². The Morgan fingerprint density at radius 2 is 2.00 bits per heavy atom. The van der Waals surface area contributed by atoms with Crippen LogP contribution in [0.3, 0.4) is 0 Å². The van der Waals surface area contributed by atoms with Crippen molar-refractivity contribution in [2.75, 3.05) is 7.11 Å². The molecule has 0 aliphatic rings. The molecule has 0 aromatic carbocycles. The van der Waals surface area contributed by atoms with Crippen LogP contribution in [0.25, 0.3) is 0 Å². The van der Waals surface area contributed by atoms with E-state index in [1.807, 2.05) is 0 Å². The first-order valence-electron chi connectivity index (χ1n) is 2.68. The van der Waals surface area contributed by atoms with E-state index in [0.717, 1.165) is 0 Å². The van der Waals surface area contributed by atoms with Crippen LogP contribution in [-0.2, 0) is 13.9 Å². The lowest BCUT2D eigenvalue weighted by atomic mass is 10.6. The lowest BCUT2D eigenvalue weighted by Crippen LogP contribution is -1.99. The molecule has 1 unspecified atom stereocenters. The van der Waals surface area contributed by atoms with Gasteiger partial charge in [0.15, 0.2) is 0 Å². The summed E-state index contributed by atoms with van der Waals surface area (Å²) in [6, 6.07) is 0.400. The van der Waals surface area contributed by atoms with Crippen LogP contribution in [0, 0.1) is 0 Å². The molecule has 0 amide bonds. The Labute approximate surface area is 54.9 Å². The third-order valence-electron chi connectivity index (χ3n) is 1.15. The summed E-state index contributed by atoms with van der Waals surface area (Å²) in [7, 11) is -1.65. The zero-order valence-electron chi connectivity index (χ0n) is 5.83. The van der Waals surface area contributed by atoms with Gasteiger partial charge in [0.1, 0.15) is 0 Å². The van der Waals surface area contributed by atoms with E-state index in [2.05, 4.69) is 4.52 Å². The summed E-state index contributed by atoms with van der Waals surface area (Å²) in [5.41, 5.74) is -0.208. The number of rotatable bonds is 3. The maximum Gasteiger partial charge on any atom is 0.265 e. The van der Waals surface area contributed by atoms with Crippen LogP contribution < -0.4 is 0 Å². The van der Waals surface area contributed by atoms with Gasteiger partial charge >= 0.3 is 0 Å². The van der Waals surface area contributed by atoms with Gasteiger partial charge in [-0.1, -0.05) is 13.8 Å². The number of carbonyl (C=O) groups excluding carboxylic acids is 1. The number of hydrogen-bond donors (Lipinski definition) is 0. The van der Waals surface area contributed by atoms with Gasteiger partial charge in [-0.3, -0.25) is 9.36 Å². The van der Waals surface area contributed by atoms with E-state index >= 15 is 0 Å². The molecule has 1 atom stereocenters. The van der Waals surface area contributed by atoms with E-state index in [9.17, 15) is 9.36 Å². The molecular weight excluding hydrogens is 139 g/mol. The average molecular weight is 150 g/mol. The molecule has 0 aliphatic carbocycles. The van der Waals surface area contributed by atoms with Crippen LogP contribution in [0.15, 0.2) is 0 Å². The summed E-state index contributed by atoms with van der Waals surface area (Å²) in [5, 5.41) is 0. The van der Waals surface area contributed by atoms with Crippen molar-refractivity contribution in [3.05, 3.63) is 0 Å². The van der Waals surface area contributed by atoms with Crippen molar-refractivity contribution in [2.45, 2.75) is 19.5 Å². The van der Waals surface area contributed by atoms with Gasteiger partial charge in [-0.05, 0) is 0 Å². The lowest BCUT2D eigenvalue weighted by Gasteiger charge is -2.11. The highest BCUT2D eigenvalue weighted by Gasteiger charge is 2.24. The first-order valence-corrected chi connectivity index (χ1v) is 4.44. The monoisotopic (exact) mass is 150 g/mol. The first kappa shape index (κ1) is 8.86. The van der Waals surface area contributed by atoms with Crippen molar-refractivity contribution < 1.29 is 13.9 Å². The Balaban J connectivity index is 4.29. The number of carbonyl (C=O) groups is 1. The fourth-order valence-corrected chi connectivity index (χ4v) is 1.13. The van der Waals surface area contributed by atoms with E-state index in [1.54, 1.807) is 13.8 Å². The van der Waals surface area contributed by atoms with E-state index in [0.29, 0.717) is 6.03 Å². The van der Waals surface area contributed by atoms with E-state index in [4.69, 9.17) is 0 Å². The minimum absolute atomic E-state index is 0.208. The maximum atomic E-state index is 11.1. The smallest absolute Gasteiger partial charge is 0.265 e. The normalized spacial score (nSPS) is 17.3. The molecule has 0 N–H and O–H groups in total. The molecule has 0 fully saturated rings. The van der Waals surface area contributed by atoms with Gasteiger partial charge in [0.05, 0.1) is 0 Å². The van der Waals surface area contributed by atoms with Crippen molar-refractivity contribution >= 4 is 13.4 Å². The number of hydrogen-bond acceptors (Lipinski definition) is 3. The minimum Gasteiger partial charge on any atom is -0.327 e. The predicted octanol–water partition coefficient (Wildman–Crippen LogP) is 1.51. The molecule has 0 heterocycles. The van der Waals surface area contributed by atoms with Gasteiger partial charge in [-0.15, -0.1) is 0 Å². The lowest BCUT2D eigenvalue weighted by molar-refractivity contribution is 0.395. The van der Waals surface area contributed by atoms with Crippen molar-refractivity contribution in [1.82, 2.24) is 0 Å². The van der Waals surface area contributed by atoms with Crippen LogP contribution >= 0.6 is 7.37 Å². The van der Waals surface area contributed by atoms with E-state index in [-0.39, 0.29) is 5.66 Å². The molecule has 0 spiro atoms. The van der Waals surface area contributed by atoms with Crippen molar-refractivity contribution in [3.63, 3.8) is 0 Å².